The number of hydrogen-bond donors (Lipinski definition) is 1. The number of amides is 1. The van der Waals surface area contributed by atoms with E-state index in [0.29, 0.717) is 11.4 Å². The molecule has 0 bridgehead atoms. The van der Waals surface area contributed by atoms with Crippen molar-refractivity contribution < 1.29 is 9.53 Å². The van der Waals surface area contributed by atoms with Crippen LogP contribution in [0.25, 0.3) is 0 Å². The molecule has 0 N–H and O–H groups in total. The van der Waals surface area contributed by atoms with Gasteiger partial charge in [-0.15, -0.1) is 0 Å². The van der Waals surface area contributed by atoms with E-state index in [9.17, 15) is 4.79 Å². The molecule has 0 saturated heterocycles. The lowest BCUT2D eigenvalue weighted by molar-refractivity contribution is 0.266. The lowest BCUT2D eigenvalue weighted by Crippen LogP contribution is -2.20. The van der Waals surface area contributed by atoms with Crippen molar-refractivity contribution in [3.8, 4) is 5.75 Å². The van der Waals surface area contributed by atoms with E-state index in [4.69, 9.17) is 4.74 Å². The molecule has 0 atom stereocenters. The fraction of sp³-hybridized carbons (Fsp3) is 0.222. The van der Waals surface area contributed by atoms with Crippen molar-refractivity contribution in [2.75, 3.05) is 19.1 Å². The molecule has 1 rings (SSSR count). The maximum Gasteiger partial charge on any atom is 0.282 e. The second-order valence-corrected chi connectivity index (χ2v) is 2.90. The van der Waals surface area contributed by atoms with Crippen molar-refractivity contribution in [2.24, 2.45) is 0 Å². The Hall–Kier alpha value is -1.16. The molecule has 0 aliphatic heterocycles. The lowest BCUT2D eigenvalue weighted by Gasteiger charge is -2.16. The van der Waals surface area contributed by atoms with Gasteiger partial charge in [0, 0.05) is 7.05 Å². The highest BCUT2D eigenvalue weighted by atomic mass is 32.1. The Bertz CT molecular complexity index is 314. The molecule has 1 aromatic carbocycles. The van der Waals surface area contributed by atoms with E-state index in [2.05, 4.69) is 12.6 Å². The van der Waals surface area contributed by atoms with Crippen LogP contribution in [0.5, 0.6) is 5.75 Å². The summed E-state index contributed by atoms with van der Waals surface area (Å²) in [4.78, 5) is 12.4. The van der Waals surface area contributed by atoms with E-state index >= 15 is 0 Å². The fourth-order valence-electron chi connectivity index (χ4n) is 1.01. The van der Waals surface area contributed by atoms with Gasteiger partial charge in [0.05, 0.1) is 12.8 Å². The van der Waals surface area contributed by atoms with Crippen LogP contribution in [0.3, 0.4) is 0 Å². The number of rotatable bonds is 2. The molecule has 0 heterocycles. The topological polar surface area (TPSA) is 29.5 Å². The first-order chi connectivity index (χ1) is 6.16. The van der Waals surface area contributed by atoms with Crippen LogP contribution in [0.15, 0.2) is 24.3 Å². The molecular formula is C9H11NO2S. The van der Waals surface area contributed by atoms with Crippen molar-refractivity contribution in [3.63, 3.8) is 0 Å². The van der Waals surface area contributed by atoms with Crippen molar-refractivity contribution in [2.45, 2.75) is 0 Å². The third kappa shape index (κ3) is 2.15. The highest BCUT2D eigenvalue weighted by molar-refractivity contribution is 7.96. The number of ether oxygens (including phenoxy) is 1. The van der Waals surface area contributed by atoms with Gasteiger partial charge in [-0.25, -0.2) is 0 Å². The summed E-state index contributed by atoms with van der Waals surface area (Å²) in [5.41, 5.74) is 0.713. The Balaban J connectivity index is 3.05. The van der Waals surface area contributed by atoms with Crippen LogP contribution in [0.1, 0.15) is 0 Å². The first kappa shape index (κ1) is 9.92. The largest absolute Gasteiger partial charge is 0.495 e. The van der Waals surface area contributed by atoms with Crippen molar-refractivity contribution in [3.05, 3.63) is 24.3 Å². The summed E-state index contributed by atoms with van der Waals surface area (Å²) >= 11 is 3.72. The van der Waals surface area contributed by atoms with Gasteiger partial charge in [0.25, 0.3) is 5.24 Å². The Morgan fingerprint density at radius 3 is 2.62 bits per heavy atom. The molecule has 0 radical (unpaired) electrons. The zero-order valence-corrected chi connectivity index (χ0v) is 8.41. The van der Waals surface area contributed by atoms with E-state index in [1.165, 1.54) is 4.90 Å². The van der Waals surface area contributed by atoms with Crippen LogP contribution < -0.4 is 9.64 Å². The van der Waals surface area contributed by atoms with Crippen LogP contribution >= 0.6 is 12.6 Å². The summed E-state index contributed by atoms with van der Waals surface area (Å²) in [5, 5.41) is -0.315. The molecule has 0 aliphatic rings. The molecule has 1 aromatic rings. The molecule has 0 aromatic heterocycles. The Kier molecular flexibility index (Phi) is 3.19. The quantitative estimate of drug-likeness (QED) is 0.736. The van der Waals surface area contributed by atoms with E-state index < -0.39 is 0 Å². The minimum Gasteiger partial charge on any atom is -0.495 e. The average Bonchev–Trinajstić information content (AvgIpc) is 2.16. The number of hydrogen-bond acceptors (Lipinski definition) is 2. The molecule has 13 heavy (non-hydrogen) atoms. The predicted octanol–water partition coefficient (Wildman–Crippen LogP) is 2.18. The van der Waals surface area contributed by atoms with Crippen LogP contribution in [0.2, 0.25) is 0 Å². The maximum absolute atomic E-state index is 10.9. The van der Waals surface area contributed by atoms with Crippen molar-refractivity contribution in [1.29, 1.82) is 0 Å². The Labute approximate surface area is 82.7 Å². The standard InChI is InChI=1S/C9H11NO2S/c1-10(9(11)13)7-5-3-4-6-8(7)12-2/h3-6H,1-2H3,(H,11,13). The molecule has 0 fully saturated rings. The van der Waals surface area contributed by atoms with Gasteiger partial charge in [0.1, 0.15) is 5.75 Å². The van der Waals surface area contributed by atoms with Gasteiger partial charge in [-0.05, 0) is 12.1 Å². The number of anilines is 1. The van der Waals surface area contributed by atoms with Crippen LogP contribution in [0, 0.1) is 0 Å². The summed E-state index contributed by atoms with van der Waals surface area (Å²) in [6.07, 6.45) is 0. The molecule has 0 saturated carbocycles. The molecule has 3 nitrogen and oxygen atoms in total. The highest BCUT2D eigenvalue weighted by Crippen LogP contribution is 2.26. The zero-order valence-electron chi connectivity index (χ0n) is 7.52. The SMILES string of the molecule is COc1ccccc1N(C)C(=O)S. The smallest absolute Gasteiger partial charge is 0.282 e. The van der Waals surface area contributed by atoms with Gasteiger partial charge < -0.3 is 9.64 Å². The number of thiol groups is 1. The normalized spacial score (nSPS) is 9.46. The predicted molar refractivity (Wildman–Crippen MR) is 55.8 cm³/mol. The van der Waals surface area contributed by atoms with Gasteiger partial charge in [0.2, 0.25) is 0 Å². The Morgan fingerprint density at radius 2 is 2.08 bits per heavy atom. The third-order valence-corrected chi connectivity index (χ3v) is 2.03. The highest BCUT2D eigenvalue weighted by Gasteiger charge is 2.10. The zero-order chi connectivity index (χ0) is 9.84. The second-order valence-electron chi connectivity index (χ2n) is 2.51. The van der Waals surface area contributed by atoms with Crippen LogP contribution in [-0.4, -0.2) is 19.4 Å². The summed E-state index contributed by atoms with van der Waals surface area (Å²) in [6.45, 7) is 0. The minimum atomic E-state index is -0.315. The van der Waals surface area contributed by atoms with E-state index in [1.54, 1.807) is 26.3 Å². The van der Waals surface area contributed by atoms with Crippen molar-refractivity contribution in [1.82, 2.24) is 0 Å². The number of benzene rings is 1. The molecule has 0 spiro atoms. The third-order valence-electron chi connectivity index (χ3n) is 1.73. The summed E-state index contributed by atoms with van der Waals surface area (Å²) < 4.78 is 5.09. The fourth-order valence-corrected chi connectivity index (χ4v) is 1.12. The first-order valence-electron chi connectivity index (χ1n) is 3.76. The monoisotopic (exact) mass is 197 g/mol. The lowest BCUT2D eigenvalue weighted by atomic mass is 10.3. The first-order valence-corrected chi connectivity index (χ1v) is 4.21. The average molecular weight is 197 g/mol. The van der Waals surface area contributed by atoms with Gasteiger partial charge in [-0.1, -0.05) is 24.8 Å². The maximum atomic E-state index is 10.9. The van der Waals surface area contributed by atoms with Crippen molar-refractivity contribution >= 4 is 23.6 Å². The van der Waals surface area contributed by atoms with Crippen LogP contribution in [0.4, 0.5) is 10.5 Å². The number of methoxy groups -OCH3 is 1. The number of para-hydroxylation sites is 2. The Morgan fingerprint density at radius 1 is 1.46 bits per heavy atom. The second kappa shape index (κ2) is 4.18. The van der Waals surface area contributed by atoms with Crippen LogP contribution in [-0.2, 0) is 0 Å². The summed E-state index contributed by atoms with van der Waals surface area (Å²) in [5.74, 6) is 0.660. The molecule has 4 heteroatoms. The number of carbonyl (C=O) groups excluding carboxylic acids is 1. The molecule has 1 amide bonds. The van der Waals surface area contributed by atoms with E-state index in [0.717, 1.165) is 0 Å². The molecular weight excluding hydrogens is 186 g/mol. The number of nitrogens with zero attached hydrogens (tertiary/aromatic N) is 1. The van der Waals surface area contributed by atoms with Gasteiger partial charge in [-0.3, -0.25) is 4.79 Å². The van der Waals surface area contributed by atoms with Gasteiger partial charge in [0.15, 0.2) is 0 Å². The molecule has 0 aliphatic carbocycles. The summed E-state index contributed by atoms with van der Waals surface area (Å²) in [6, 6.07) is 7.28. The minimum absolute atomic E-state index is 0.315. The molecule has 70 valence electrons. The molecule has 0 unspecified atom stereocenters. The number of carbonyl (C=O) groups is 1. The van der Waals surface area contributed by atoms with Gasteiger partial charge >= 0.3 is 0 Å². The van der Waals surface area contributed by atoms with E-state index in [1.807, 2.05) is 12.1 Å². The van der Waals surface area contributed by atoms with E-state index in [-0.39, 0.29) is 5.24 Å². The van der Waals surface area contributed by atoms with Gasteiger partial charge in [-0.2, -0.15) is 0 Å². The summed E-state index contributed by atoms with van der Waals surface area (Å²) in [7, 11) is 3.21.